The van der Waals surface area contributed by atoms with Gasteiger partial charge < -0.3 is 19.7 Å². The molecule has 0 bridgehead atoms. The molecule has 37 heavy (non-hydrogen) atoms. The zero-order chi connectivity index (χ0) is 25.8. The van der Waals surface area contributed by atoms with E-state index in [2.05, 4.69) is 15.6 Å². The zero-order valence-corrected chi connectivity index (χ0v) is 20.8. The summed E-state index contributed by atoms with van der Waals surface area (Å²) in [6, 6.07) is 15.8. The monoisotopic (exact) mass is 501 g/mol. The van der Waals surface area contributed by atoms with E-state index in [0.29, 0.717) is 16.8 Å². The van der Waals surface area contributed by atoms with Crippen LogP contribution in [0.5, 0.6) is 5.75 Å². The van der Waals surface area contributed by atoms with E-state index in [4.69, 9.17) is 4.42 Å². The van der Waals surface area contributed by atoms with Crippen LogP contribution in [0.1, 0.15) is 62.4 Å². The molecule has 192 valence electrons. The average molecular weight is 502 g/mol. The molecule has 1 aliphatic rings. The Bertz CT molecular complexity index is 1340. The smallest absolute Gasteiger partial charge is 0.248 e. The van der Waals surface area contributed by atoms with Gasteiger partial charge in [0.1, 0.15) is 29.1 Å². The van der Waals surface area contributed by atoms with Crippen molar-refractivity contribution in [3.05, 3.63) is 78.3 Å². The Kier molecular flexibility index (Phi) is 7.20. The number of fused-ring (bicyclic) bond motifs is 1. The Morgan fingerprint density at radius 3 is 2.57 bits per heavy atom. The lowest BCUT2D eigenvalue weighted by Crippen LogP contribution is -2.48. The number of nitrogens with zero attached hydrogens (tertiary/aromatic N) is 4. The summed E-state index contributed by atoms with van der Waals surface area (Å²) in [6.07, 6.45) is 6.69. The second kappa shape index (κ2) is 10.9. The second-order valence-electron chi connectivity index (χ2n) is 9.58. The molecule has 0 aliphatic heterocycles. The van der Waals surface area contributed by atoms with Gasteiger partial charge in [0, 0.05) is 6.04 Å². The predicted octanol–water partition coefficient (Wildman–Crippen LogP) is 4.51. The fourth-order valence-corrected chi connectivity index (χ4v) is 5.04. The molecule has 0 spiro atoms. The molecule has 2 aromatic carbocycles. The second-order valence-corrected chi connectivity index (χ2v) is 9.58. The van der Waals surface area contributed by atoms with Crippen LogP contribution in [0.4, 0.5) is 0 Å². The summed E-state index contributed by atoms with van der Waals surface area (Å²) in [6.45, 7) is 1.85. The number of rotatable bonds is 8. The quantitative estimate of drug-likeness (QED) is 0.367. The normalized spacial score (nSPS) is 15.8. The number of para-hydroxylation sites is 1. The minimum atomic E-state index is -0.933. The third-order valence-corrected chi connectivity index (χ3v) is 7.01. The summed E-state index contributed by atoms with van der Waals surface area (Å²) < 4.78 is 7.17. The van der Waals surface area contributed by atoms with Crippen molar-refractivity contribution in [1.82, 2.24) is 25.2 Å². The highest BCUT2D eigenvalue weighted by atomic mass is 16.3. The van der Waals surface area contributed by atoms with Crippen LogP contribution in [-0.2, 0) is 16.1 Å². The van der Waals surface area contributed by atoms with Crippen molar-refractivity contribution in [2.75, 3.05) is 0 Å². The third-order valence-electron chi connectivity index (χ3n) is 7.01. The van der Waals surface area contributed by atoms with E-state index in [1.54, 1.807) is 42.1 Å². The zero-order valence-electron chi connectivity index (χ0n) is 20.8. The molecule has 0 saturated heterocycles. The molecule has 9 nitrogen and oxygen atoms in total. The van der Waals surface area contributed by atoms with Crippen molar-refractivity contribution >= 4 is 22.8 Å². The molecule has 0 radical (unpaired) electrons. The molecule has 1 fully saturated rings. The first-order valence-corrected chi connectivity index (χ1v) is 12.7. The number of nitrogens with one attached hydrogen (secondary N) is 1. The molecule has 2 N–H and O–H groups in total. The van der Waals surface area contributed by atoms with Crippen molar-refractivity contribution in [2.45, 2.75) is 63.7 Å². The van der Waals surface area contributed by atoms with Gasteiger partial charge in [-0.3, -0.25) is 9.59 Å². The first-order valence-electron chi connectivity index (χ1n) is 12.7. The van der Waals surface area contributed by atoms with Gasteiger partial charge in [0.05, 0.1) is 18.3 Å². The van der Waals surface area contributed by atoms with Gasteiger partial charge in [0.15, 0.2) is 0 Å². The number of carbonyl (C=O) groups is 2. The Morgan fingerprint density at radius 2 is 1.84 bits per heavy atom. The van der Waals surface area contributed by atoms with Crippen molar-refractivity contribution in [2.24, 2.45) is 0 Å². The van der Waals surface area contributed by atoms with Crippen molar-refractivity contribution in [1.29, 1.82) is 0 Å². The first kappa shape index (κ1) is 24.5. The topological polar surface area (TPSA) is 113 Å². The number of furan rings is 1. The van der Waals surface area contributed by atoms with Gasteiger partial charge in [0.25, 0.3) is 0 Å². The van der Waals surface area contributed by atoms with Crippen molar-refractivity contribution in [3.63, 3.8) is 0 Å². The minimum absolute atomic E-state index is 0.0677. The number of aromatic nitrogens is 3. The maximum atomic E-state index is 14.2. The fourth-order valence-electron chi connectivity index (χ4n) is 5.04. The number of phenolic OH excluding ortho intramolecular Hbond substituents is 1. The van der Waals surface area contributed by atoms with E-state index in [1.807, 2.05) is 24.3 Å². The summed E-state index contributed by atoms with van der Waals surface area (Å²) in [4.78, 5) is 29.5. The Hall–Kier alpha value is -4.14. The number of aromatic hydroxyl groups is 1. The number of carbonyl (C=O) groups excluding carboxylic acids is 2. The molecule has 0 unspecified atom stereocenters. The van der Waals surface area contributed by atoms with Crippen LogP contribution in [0.3, 0.4) is 0 Å². The van der Waals surface area contributed by atoms with Crippen LogP contribution < -0.4 is 5.32 Å². The first-order chi connectivity index (χ1) is 18.0. The fraction of sp³-hybridized carbons (Fsp3) is 0.357. The molecule has 1 saturated carbocycles. The van der Waals surface area contributed by atoms with Gasteiger partial charge in [0.2, 0.25) is 11.8 Å². The van der Waals surface area contributed by atoms with Gasteiger partial charge in [-0.1, -0.05) is 48.7 Å². The van der Waals surface area contributed by atoms with Crippen LogP contribution in [-0.4, -0.2) is 42.9 Å². The van der Waals surface area contributed by atoms with Crippen LogP contribution in [0.2, 0.25) is 0 Å². The molecular formula is C28H31N5O4. The molecule has 4 aromatic rings. The summed E-state index contributed by atoms with van der Waals surface area (Å²) in [5.74, 6) is 0.0804. The Labute approximate surface area is 215 Å². The van der Waals surface area contributed by atoms with Crippen LogP contribution in [0.25, 0.3) is 11.0 Å². The van der Waals surface area contributed by atoms with Gasteiger partial charge in [-0.05, 0) is 61.7 Å². The van der Waals surface area contributed by atoms with Gasteiger partial charge in [-0.2, -0.15) is 0 Å². The van der Waals surface area contributed by atoms with E-state index < -0.39 is 12.1 Å². The number of hydrogen-bond donors (Lipinski definition) is 2. The third kappa shape index (κ3) is 5.35. The van der Waals surface area contributed by atoms with Crippen LogP contribution in [0, 0.1) is 0 Å². The number of phenols is 1. The minimum Gasteiger partial charge on any atom is -0.508 e. The Balaban J connectivity index is 1.53. The van der Waals surface area contributed by atoms with Crippen molar-refractivity contribution < 1.29 is 19.1 Å². The lowest BCUT2D eigenvalue weighted by Gasteiger charge is -2.34. The van der Waals surface area contributed by atoms with E-state index in [9.17, 15) is 14.7 Å². The lowest BCUT2D eigenvalue weighted by atomic mass is 9.94. The van der Waals surface area contributed by atoms with Gasteiger partial charge >= 0.3 is 0 Å². The molecule has 5 rings (SSSR count). The number of benzene rings is 2. The molecule has 2 amide bonds. The molecular weight excluding hydrogens is 470 g/mol. The maximum absolute atomic E-state index is 14.2. The summed E-state index contributed by atoms with van der Waals surface area (Å²) in [5, 5.41) is 21.5. The molecule has 2 heterocycles. The molecule has 2 atom stereocenters. The Morgan fingerprint density at radius 1 is 1.08 bits per heavy atom. The van der Waals surface area contributed by atoms with E-state index in [-0.39, 0.29) is 30.2 Å². The van der Waals surface area contributed by atoms with Crippen LogP contribution >= 0.6 is 0 Å². The maximum Gasteiger partial charge on any atom is 0.248 e. The average Bonchev–Trinajstić information content (AvgIpc) is 3.59. The van der Waals surface area contributed by atoms with E-state index >= 15 is 0 Å². The predicted molar refractivity (Wildman–Crippen MR) is 137 cm³/mol. The van der Waals surface area contributed by atoms with E-state index in [0.717, 1.165) is 31.2 Å². The molecule has 2 aromatic heterocycles. The standard InChI is InChI=1S/C28H31N5O4/c1-19(33-25-12-6-5-11-24(25)30-31-33)28(36)32(18-23-10-7-17-37-23)26(20-13-15-22(34)16-14-20)27(35)29-21-8-3-2-4-9-21/h5-7,10-17,19,21,26,34H,2-4,8-9,18H2,1H3,(H,29,35)/t19-,26-/m1/s1. The summed E-state index contributed by atoms with van der Waals surface area (Å²) >= 11 is 0. The lowest BCUT2D eigenvalue weighted by molar-refractivity contribution is -0.144. The SMILES string of the molecule is C[C@H](C(=O)N(Cc1ccco1)[C@@H](C(=O)NC1CCCCC1)c1ccc(O)cc1)n1nnc2ccccc21. The molecule has 1 aliphatic carbocycles. The highest BCUT2D eigenvalue weighted by molar-refractivity contribution is 5.91. The highest BCUT2D eigenvalue weighted by Gasteiger charge is 2.36. The number of amides is 2. The summed E-state index contributed by atoms with van der Waals surface area (Å²) in [5.41, 5.74) is 2.01. The van der Waals surface area contributed by atoms with Crippen molar-refractivity contribution in [3.8, 4) is 5.75 Å². The molecule has 9 heteroatoms. The van der Waals surface area contributed by atoms with Crippen LogP contribution in [0.15, 0.2) is 71.3 Å². The van der Waals surface area contributed by atoms with E-state index in [1.165, 1.54) is 23.5 Å². The van der Waals surface area contributed by atoms with Gasteiger partial charge in [-0.25, -0.2) is 4.68 Å². The summed E-state index contributed by atoms with van der Waals surface area (Å²) in [7, 11) is 0. The van der Waals surface area contributed by atoms with Gasteiger partial charge in [-0.15, -0.1) is 5.10 Å². The largest absolute Gasteiger partial charge is 0.508 e. The highest BCUT2D eigenvalue weighted by Crippen LogP contribution is 2.30. The number of hydrogen-bond acceptors (Lipinski definition) is 6.